The average molecular weight is 294 g/mol. The molecular formula is C12H8ClN3O2S. The van der Waals surface area contributed by atoms with Gasteiger partial charge in [0.2, 0.25) is 5.76 Å². The number of para-hydroxylation sites is 1. The molecule has 0 saturated heterocycles. The van der Waals surface area contributed by atoms with Crippen LogP contribution in [0.2, 0.25) is 5.02 Å². The van der Waals surface area contributed by atoms with Gasteiger partial charge < -0.3 is 4.52 Å². The Morgan fingerprint density at radius 3 is 3.00 bits per heavy atom. The SMILES string of the molecule is Cc1cc(C(=O)Nc2nc3c(Cl)cccc3s2)on1. The molecule has 3 rings (SSSR count). The fourth-order valence-electron chi connectivity index (χ4n) is 1.60. The summed E-state index contributed by atoms with van der Waals surface area (Å²) in [6.07, 6.45) is 0. The zero-order valence-electron chi connectivity index (χ0n) is 9.81. The first-order valence-electron chi connectivity index (χ1n) is 5.43. The number of anilines is 1. The van der Waals surface area contributed by atoms with E-state index in [-0.39, 0.29) is 11.7 Å². The first-order valence-corrected chi connectivity index (χ1v) is 6.62. The number of fused-ring (bicyclic) bond motifs is 1. The number of nitrogens with zero attached hydrogens (tertiary/aromatic N) is 2. The number of aromatic nitrogens is 2. The van der Waals surface area contributed by atoms with Crippen molar-refractivity contribution in [1.29, 1.82) is 0 Å². The van der Waals surface area contributed by atoms with Crippen molar-refractivity contribution in [2.45, 2.75) is 6.92 Å². The molecule has 0 radical (unpaired) electrons. The minimum Gasteiger partial charge on any atom is -0.351 e. The maximum absolute atomic E-state index is 11.9. The van der Waals surface area contributed by atoms with Gasteiger partial charge in [-0.15, -0.1) is 0 Å². The summed E-state index contributed by atoms with van der Waals surface area (Å²) in [4.78, 5) is 16.2. The van der Waals surface area contributed by atoms with Crippen LogP contribution in [0, 0.1) is 6.92 Å². The van der Waals surface area contributed by atoms with Crippen LogP contribution in [0.3, 0.4) is 0 Å². The van der Waals surface area contributed by atoms with Gasteiger partial charge >= 0.3 is 0 Å². The topological polar surface area (TPSA) is 68.0 Å². The third kappa shape index (κ3) is 2.32. The highest BCUT2D eigenvalue weighted by atomic mass is 35.5. The Bertz CT molecular complexity index is 765. The summed E-state index contributed by atoms with van der Waals surface area (Å²) in [6, 6.07) is 7.06. The number of amides is 1. The highest BCUT2D eigenvalue weighted by Crippen LogP contribution is 2.30. The summed E-state index contributed by atoms with van der Waals surface area (Å²) in [5, 5.41) is 7.36. The number of nitrogens with one attached hydrogen (secondary N) is 1. The highest BCUT2D eigenvalue weighted by Gasteiger charge is 2.14. The van der Waals surface area contributed by atoms with E-state index in [0.717, 1.165) is 4.70 Å². The molecule has 1 amide bonds. The molecule has 7 heteroatoms. The first kappa shape index (κ1) is 12.1. The van der Waals surface area contributed by atoms with E-state index in [2.05, 4.69) is 15.5 Å². The smallest absolute Gasteiger partial charge is 0.296 e. The van der Waals surface area contributed by atoms with E-state index >= 15 is 0 Å². The van der Waals surface area contributed by atoms with E-state index in [9.17, 15) is 4.79 Å². The molecule has 0 atom stereocenters. The van der Waals surface area contributed by atoms with Crippen LogP contribution in [0.25, 0.3) is 10.2 Å². The van der Waals surface area contributed by atoms with E-state index in [1.165, 1.54) is 11.3 Å². The van der Waals surface area contributed by atoms with Gasteiger partial charge in [0.25, 0.3) is 5.91 Å². The minimum absolute atomic E-state index is 0.155. The number of rotatable bonds is 2. The molecule has 0 fully saturated rings. The number of carbonyl (C=O) groups is 1. The Morgan fingerprint density at radius 2 is 2.32 bits per heavy atom. The van der Waals surface area contributed by atoms with Crippen molar-refractivity contribution in [1.82, 2.24) is 10.1 Å². The molecule has 0 unspecified atom stereocenters. The molecule has 2 aromatic heterocycles. The van der Waals surface area contributed by atoms with Gasteiger partial charge in [0.05, 0.1) is 15.4 Å². The number of aryl methyl sites for hydroxylation is 1. The lowest BCUT2D eigenvalue weighted by atomic mass is 10.3. The van der Waals surface area contributed by atoms with Gasteiger partial charge in [0.1, 0.15) is 5.52 Å². The van der Waals surface area contributed by atoms with Crippen LogP contribution in [0.1, 0.15) is 16.2 Å². The molecule has 0 bridgehead atoms. The maximum atomic E-state index is 11.9. The van der Waals surface area contributed by atoms with Gasteiger partial charge in [-0.2, -0.15) is 0 Å². The van der Waals surface area contributed by atoms with Gasteiger partial charge in [0.15, 0.2) is 5.13 Å². The summed E-state index contributed by atoms with van der Waals surface area (Å²) < 4.78 is 5.80. The molecule has 1 aromatic carbocycles. The van der Waals surface area contributed by atoms with Crippen LogP contribution >= 0.6 is 22.9 Å². The fourth-order valence-corrected chi connectivity index (χ4v) is 2.76. The molecule has 0 saturated carbocycles. The van der Waals surface area contributed by atoms with Gasteiger partial charge in [0, 0.05) is 6.07 Å². The Kier molecular flexibility index (Phi) is 2.96. The third-order valence-corrected chi connectivity index (χ3v) is 3.68. The summed E-state index contributed by atoms with van der Waals surface area (Å²) in [5.41, 5.74) is 1.33. The largest absolute Gasteiger partial charge is 0.351 e. The molecule has 19 heavy (non-hydrogen) atoms. The molecule has 96 valence electrons. The normalized spacial score (nSPS) is 10.8. The van der Waals surface area contributed by atoms with Gasteiger partial charge in [-0.3, -0.25) is 10.1 Å². The number of thiazole rings is 1. The summed E-state index contributed by atoms with van der Waals surface area (Å²) in [6.45, 7) is 1.75. The van der Waals surface area contributed by atoms with E-state index in [4.69, 9.17) is 16.1 Å². The number of hydrogen-bond acceptors (Lipinski definition) is 5. The highest BCUT2D eigenvalue weighted by molar-refractivity contribution is 7.22. The Hall–Kier alpha value is -1.92. The van der Waals surface area contributed by atoms with Gasteiger partial charge in [-0.25, -0.2) is 4.98 Å². The molecular weight excluding hydrogens is 286 g/mol. The lowest BCUT2D eigenvalue weighted by Crippen LogP contribution is -2.10. The van der Waals surface area contributed by atoms with Gasteiger partial charge in [-0.05, 0) is 19.1 Å². The number of halogens is 1. The number of carbonyl (C=O) groups excluding carboxylic acids is 1. The van der Waals surface area contributed by atoms with Crippen molar-refractivity contribution in [2.75, 3.05) is 5.32 Å². The second-order valence-electron chi connectivity index (χ2n) is 3.89. The first-order chi connectivity index (χ1) is 9.13. The lowest BCUT2D eigenvalue weighted by Gasteiger charge is -1.95. The van der Waals surface area contributed by atoms with E-state index < -0.39 is 0 Å². The summed E-state index contributed by atoms with van der Waals surface area (Å²) in [7, 11) is 0. The van der Waals surface area contributed by atoms with E-state index in [0.29, 0.717) is 21.4 Å². The molecule has 0 spiro atoms. The molecule has 5 nitrogen and oxygen atoms in total. The van der Waals surface area contributed by atoms with Crippen molar-refractivity contribution in [3.63, 3.8) is 0 Å². The standard InChI is InChI=1S/C12H8ClN3O2S/c1-6-5-8(18-16-6)11(17)15-12-14-10-7(13)3-2-4-9(10)19-12/h2-5H,1H3,(H,14,15,17). The van der Waals surface area contributed by atoms with Crippen molar-refractivity contribution in [3.8, 4) is 0 Å². The van der Waals surface area contributed by atoms with Gasteiger partial charge in [-0.1, -0.05) is 34.2 Å². The van der Waals surface area contributed by atoms with Crippen molar-refractivity contribution in [3.05, 3.63) is 40.7 Å². The lowest BCUT2D eigenvalue weighted by molar-refractivity contribution is 0.0988. The van der Waals surface area contributed by atoms with Crippen LogP contribution in [0.4, 0.5) is 5.13 Å². The monoisotopic (exact) mass is 293 g/mol. The maximum Gasteiger partial charge on any atom is 0.296 e. The zero-order valence-corrected chi connectivity index (χ0v) is 11.4. The summed E-state index contributed by atoms with van der Waals surface area (Å²) >= 11 is 7.38. The number of benzene rings is 1. The molecule has 3 aromatic rings. The Morgan fingerprint density at radius 1 is 1.47 bits per heavy atom. The zero-order chi connectivity index (χ0) is 13.4. The van der Waals surface area contributed by atoms with Crippen LogP contribution < -0.4 is 5.32 Å². The fraction of sp³-hybridized carbons (Fsp3) is 0.0833. The number of hydrogen-bond donors (Lipinski definition) is 1. The average Bonchev–Trinajstić information content (AvgIpc) is 2.96. The molecule has 0 aliphatic carbocycles. The van der Waals surface area contributed by atoms with Crippen molar-refractivity contribution in [2.24, 2.45) is 0 Å². The minimum atomic E-state index is -0.379. The Balaban J connectivity index is 1.89. The van der Waals surface area contributed by atoms with Crippen LogP contribution in [-0.2, 0) is 0 Å². The van der Waals surface area contributed by atoms with Crippen LogP contribution in [0.15, 0.2) is 28.8 Å². The third-order valence-electron chi connectivity index (χ3n) is 2.44. The van der Waals surface area contributed by atoms with E-state index in [1.54, 1.807) is 19.1 Å². The quantitative estimate of drug-likeness (QED) is 0.785. The Labute approximate surface area is 117 Å². The van der Waals surface area contributed by atoms with Crippen molar-refractivity contribution >= 4 is 44.2 Å². The van der Waals surface area contributed by atoms with Crippen molar-refractivity contribution < 1.29 is 9.32 Å². The molecule has 1 N–H and O–H groups in total. The molecule has 0 aliphatic rings. The second kappa shape index (κ2) is 4.64. The van der Waals surface area contributed by atoms with Crippen LogP contribution in [0.5, 0.6) is 0 Å². The predicted octanol–water partition coefficient (Wildman–Crippen LogP) is 3.50. The summed E-state index contributed by atoms with van der Waals surface area (Å²) in [5.74, 6) is -0.223. The second-order valence-corrected chi connectivity index (χ2v) is 5.33. The predicted molar refractivity (Wildman–Crippen MR) is 73.8 cm³/mol. The van der Waals surface area contributed by atoms with E-state index in [1.807, 2.05) is 12.1 Å². The molecule has 2 heterocycles. The molecule has 0 aliphatic heterocycles. The van der Waals surface area contributed by atoms with Crippen LogP contribution in [-0.4, -0.2) is 16.0 Å².